The van der Waals surface area contributed by atoms with Gasteiger partial charge in [0.05, 0.1) is 30.4 Å². The number of methoxy groups -OCH3 is 1. The molecule has 0 aromatic carbocycles. The maximum atomic E-state index is 11.8. The van der Waals surface area contributed by atoms with Crippen molar-refractivity contribution in [2.24, 2.45) is 11.1 Å². The van der Waals surface area contributed by atoms with Crippen LogP contribution in [0.15, 0.2) is 24.7 Å². The molecule has 9 heteroatoms. The number of sulfonamides is 1. The molecule has 3 aromatic heterocycles. The summed E-state index contributed by atoms with van der Waals surface area (Å²) in [7, 11) is -1.97. The van der Waals surface area contributed by atoms with Crippen molar-refractivity contribution in [1.29, 1.82) is 0 Å². The van der Waals surface area contributed by atoms with Gasteiger partial charge in [0.15, 0.2) is 5.65 Å². The van der Waals surface area contributed by atoms with Crippen molar-refractivity contribution >= 4 is 32.1 Å². The van der Waals surface area contributed by atoms with E-state index in [0.717, 1.165) is 22.8 Å². The fraction of sp³-hybridized carbons (Fsp3) is 0.500. The van der Waals surface area contributed by atoms with Crippen molar-refractivity contribution in [2.75, 3.05) is 7.11 Å². The highest BCUT2D eigenvalue weighted by molar-refractivity contribution is 7.89. The maximum absolute atomic E-state index is 11.8. The van der Waals surface area contributed by atoms with Gasteiger partial charge in [-0.05, 0) is 24.8 Å². The van der Waals surface area contributed by atoms with E-state index < -0.39 is 15.3 Å². The lowest BCUT2D eigenvalue weighted by Gasteiger charge is -2.21. The number of nitrogens with two attached hydrogens (primary N) is 1. The van der Waals surface area contributed by atoms with Gasteiger partial charge in [0.2, 0.25) is 15.9 Å². The summed E-state index contributed by atoms with van der Waals surface area (Å²) in [6.45, 7) is 4.57. The first-order chi connectivity index (χ1) is 12.9. The average Bonchev–Trinajstić information content (AvgIpc) is 3.06. The second kappa shape index (κ2) is 7.77. The highest BCUT2D eigenvalue weighted by Crippen LogP contribution is 2.26. The number of rotatable bonds is 8. The molecule has 0 aliphatic heterocycles. The van der Waals surface area contributed by atoms with Crippen molar-refractivity contribution in [2.45, 2.75) is 44.9 Å². The van der Waals surface area contributed by atoms with Gasteiger partial charge in [-0.3, -0.25) is 0 Å². The number of aromatic nitrogens is 4. The topological polar surface area (TPSA) is 113 Å². The Hall–Kier alpha value is -2.26. The molecule has 3 rings (SSSR count). The number of ether oxygens (including phenoxy) is 1. The first-order valence-electron chi connectivity index (χ1n) is 9.03. The number of hydrogen-bond donors (Lipinski definition) is 1. The molecule has 3 heterocycles. The minimum absolute atomic E-state index is 0.167. The fourth-order valence-electron chi connectivity index (χ4n) is 3.43. The third kappa shape index (κ3) is 4.03. The van der Waals surface area contributed by atoms with Crippen LogP contribution in [-0.4, -0.2) is 40.3 Å². The predicted molar refractivity (Wildman–Crippen MR) is 105 cm³/mol. The fourth-order valence-corrected chi connectivity index (χ4v) is 4.43. The SMILES string of the molecule is CCC(CC(CC)S(N)(=O)=O)Cn1cnc2cnc3nc(OC)ccc3c21. The standard InChI is InChI=1S/C18H25N5O3S/c1-4-12(8-13(5-2)27(19,24)25)10-23-11-21-15-9-20-18-14(17(15)23)6-7-16(22-18)26-3/h6-7,9,11-13H,4-5,8,10H2,1-3H3,(H2,19,24,25). The number of primary sulfonamides is 1. The molecule has 27 heavy (non-hydrogen) atoms. The highest BCUT2D eigenvalue weighted by atomic mass is 32.2. The quantitative estimate of drug-likeness (QED) is 0.631. The average molecular weight is 391 g/mol. The number of hydrogen-bond acceptors (Lipinski definition) is 6. The number of nitrogens with zero attached hydrogens (tertiary/aromatic N) is 4. The van der Waals surface area contributed by atoms with Crippen LogP contribution >= 0.6 is 0 Å². The summed E-state index contributed by atoms with van der Waals surface area (Å²) in [6.07, 6.45) is 5.36. The van der Waals surface area contributed by atoms with Gasteiger partial charge in [-0.15, -0.1) is 0 Å². The molecule has 2 unspecified atom stereocenters. The molecule has 0 bridgehead atoms. The molecular weight excluding hydrogens is 366 g/mol. The Morgan fingerprint density at radius 1 is 1.22 bits per heavy atom. The van der Waals surface area contributed by atoms with Gasteiger partial charge in [-0.2, -0.15) is 4.98 Å². The highest BCUT2D eigenvalue weighted by Gasteiger charge is 2.24. The van der Waals surface area contributed by atoms with Crippen LogP contribution in [0.4, 0.5) is 0 Å². The first kappa shape index (κ1) is 19.5. The molecule has 2 N–H and O–H groups in total. The minimum Gasteiger partial charge on any atom is -0.481 e. The van der Waals surface area contributed by atoms with E-state index >= 15 is 0 Å². The third-order valence-electron chi connectivity index (χ3n) is 5.04. The van der Waals surface area contributed by atoms with Gasteiger partial charge in [0, 0.05) is 18.0 Å². The molecule has 2 atom stereocenters. The number of imidazole rings is 1. The summed E-state index contributed by atoms with van der Waals surface area (Å²) in [5.41, 5.74) is 2.31. The number of pyridine rings is 2. The molecule has 146 valence electrons. The molecule has 3 aromatic rings. The summed E-state index contributed by atoms with van der Waals surface area (Å²) < 4.78 is 30.8. The second-order valence-electron chi connectivity index (χ2n) is 6.74. The van der Waals surface area contributed by atoms with Crippen LogP contribution < -0.4 is 9.88 Å². The van der Waals surface area contributed by atoms with Gasteiger partial charge in [0.25, 0.3) is 0 Å². The third-order valence-corrected chi connectivity index (χ3v) is 6.49. The Bertz CT molecular complexity index is 1050. The van der Waals surface area contributed by atoms with Gasteiger partial charge >= 0.3 is 0 Å². The van der Waals surface area contributed by atoms with Crippen molar-refractivity contribution in [3.05, 3.63) is 24.7 Å². The van der Waals surface area contributed by atoms with E-state index in [9.17, 15) is 8.42 Å². The monoisotopic (exact) mass is 391 g/mol. The lowest BCUT2D eigenvalue weighted by Crippen LogP contribution is -2.30. The maximum Gasteiger partial charge on any atom is 0.215 e. The molecule has 0 spiro atoms. The van der Waals surface area contributed by atoms with Crippen molar-refractivity contribution < 1.29 is 13.2 Å². The van der Waals surface area contributed by atoms with Crippen LogP contribution in [0, 0.1) is 5.92 Å². The summed E-state index contributed by atoms with van der Waals surface area (Å²) in [4.78, 5) is 13.2. The van der Waals surface area contributed by atoms with Crippen LogP contribution in [0.1, 0.15) is 33.1 Å². The van der Waals surface area contributed by atoms with E-state index in [1.54, 1.807) is 25.7 Å². The van der Waals surface area contributed by atoms with E-state index in [-0.39, 0.29) is 5.92 Å². The molecule has 0 saturated heterocycles. The molecule has 0 amide bonds. The summed E-state index contributed by atoms with van der Waals surface area (Å²) in [5, 5.41) is 5.75. The lowest BCUT2D eigenvalue weighted by molar-refractivity contribution is 0.393. The molecule has 0 saturated carbocycles. The van der Waals surface area contributed by atoms with E-state index in [0.29, 0.717) is 30.9 Å². The zero-order chi connectivity index (χ0) is 19.6. The van der Waals surface area contributed by atoms with Crippen LogP contribution in [-0.2, 0) is 16.6 Å². The van der Waals surface area contributed by atoms with Gasteiger partial charge in [-0.25, -0.2) is 23.5 Å². The normalized spacial score (nSPS) is 14.5. The van der Waals surface area contributed by atoms with Crippen LogP contribution in [0.5, 0.6) is 5.88 Å². The Morgan fingerprint density at radius 3 is 2.63 bits per heavy atom. The van der Waals surface area contributed by atoms with Crippen LogP contribution in [0.2, 0.25) is 0 Å². The second-order valence-corrected chi connectivity index (χ2v) is 8.59. The Labute approximate surface area is 158 Å². The molecule has 0 fully saturated rings. The van der Waals surface area contributed by atoms with Gasteiger partial charge in [0.1, 0.15) is 5.52 Å². The Balaban J connectivity index is 1.97. The van der Waals surface area contributed by atoms with Crippen molar-refractivity contribution in [3.63, 3.8) is 0 Å². The predicted octanol–water partition coefficient (Wildman–Crippen LogP) is 2.47. The minimum atomic E-state index is -3.54. The zero-order valence-corrected chi connectivity index (χ0v) is 16.6. The molecule has 8 nitrogen and oxygen atoms in total. The summed E-state index contributed by atoms with van der Waals surface area (Å²) >= 11 is 0. The molecule has 0 radical (unpaired) electrons. The Morgan fingerprint density at radius 2 is 2.00 bits per heavy atom. The Kier molecular flexibility index (Phi) is 5.61. The summed E-state index contributed by atoms with van der Waals surface area (Å²) in [6, 6.07) is 3.72. The molecule has 0 aliphatic rings. The van der Waals surface area contributed by atoms with Crippen LogP contribution in [0.3, 0.4) is 0 Å². The largest absolute Gasteiger partial charge is 0.481 e. The molecular formula is C18H25N5O3S. The molecule has 0 aliphatic carbocycles. The van der Waals surface area contributed by atoms with Gasteiger partial charge < -0.3 is 9.30 Å². The first-order valence-corrected chi connectivity index (χ1v) is 10.6. The lowest BCUT2D eigenvalue weighted by atomic mass is 9.99. The zero-order valence-electron chi connectivity index (χ0n) is 15.8. The van der Waals surface area contributed by atoms with E-state index in [4.69, 9.17) is 9.88 Å². The van der Waals surface area contributed by atoms with Crippen LogP contribution in [0.25, 0.3) is 22.1 Å². The smallest absolute Gasteiger partial charge is 0.215 e. The number of fused-ring (bicyclic) bond motifs is 3. The van der Waals surface area contributed by atoms with Crippen molar-refractivity contribution in [3.8, 4) is 5.88 Å². The van der Waals surface area contributed by atoms with Gasteiger partial charge in [-0.1, -0.05) is 20.3 Å². The summed E-state index contributed by atoms with van der Waals surface area (Å²) in [5.74, 6) is 0.672. The van der Waals surface area contributed by atoms with E-state index in [1.807, 2.05) is 13.0 Å². The van der Waals surface area contributed by atoms with E-state index in [1.165, 1.54) is 0 Å². The van der Waals surface area contributed by atoms with E-state index in [2.05, 4.69) is 26.4 Å². The van der Waals surface area contributed by atoms with Crippen molar-refractivity contribution in [1.82, 2.24) is 19.5 Å².